The molecule has 1 aliphatic carbocycles. The summed E-state index contributed by atoms with van der Waals surface area (Å²) in [6.45, 7) is 8.60. The van der Waals surface area contributed by atoms with Gasteiger partial charge in [0, 0.05) is 19.6 Å². The number of carbonyl (C=O) groups excluding carboxylic acids is 1. The van der Waals surface area contributed by atoms with E-state index in [9.17, 15) is 4.79 Å². The van der Waals surface area contributed by atoms with Crippen molar-refractivity contribution in [3.63, 3.8) is 0 Å². The molecule has 4 heteroatoms. The zero-order valence-corrected chi connectivity index (χ0v) is 11.7. The summed E-state index contributed by atoms with van der Waals surface area (Å²) >= 11 is 0. The van der Waals surface area contributed by atoms with E-state index < -0.39 is 0 Å². The summed E-state index contributed by atoms with van der Waals surface area (Å²) in [5, 5.41) is 3.41. The molecule has 1 saturated heterocycles. The molecule has 18 heavy (non-hydrogen) atoms. The Balaban J connectivity index is 2.20. The quantitative estimate of drug-likeness (QED) is 0.773. The molecule has 0 aromatic rings. The van der Waals surface area contributed by atoms with Crippen molar-refractivity contribution in [1.82, 2.24) is 10.2 Å². The van der Waals surface area contributed by atoms with Crippen LogP contribution in [0.3, 0.4) is 0 Å². The molecule has 2 unspecified atom stereocenters. The van der Waals surface area contributed by atoms with Crippen LogP contribution in [0, 0.1) is 5.92 Å². The van der Waals surface area contributed by atoms with Crippen molar-refractivity contribution in [3.8, 4) is 0 Å². The number of rotatable bonds is 3. The van der Waals surface area contributed by atoms with Gasteiger partial charge in [-0.05, 0) is 38.6 Å². The van der Waals surface area contributed by atoms with Crippen LogP contribution in [0.15, 0.2) is 0 Å². The van der Waals surface area contributed by atoms with Crippen LogP contribution in [-0.2, 0) is 9.53 Å². The lowest BCUT2D eigenvalue weighted by Crippen LogP contribution is -2.58. The number of ether oxygens (including phenoxy) is 1. The Morgan fingerprint density at radius 2 is 2.22 bits per heavy atom. The summed E-state index contributed by atoms with van der Waals surface area (Å²) < 4.78 is 5.39. The molecule has 2 rings (SSSR count). The molecule has 2 atom stereocenters. The van der Waals surface area contributed by atoms with Crippen molar-refractivity contribution < 1.29 is 9.53 Å². The predicted octanol–water partition coefficient (Wildman–Crippen LogP) is 1.40. The monoisotopic (exact) mass is 254 g/mol. The predicted molar refractivity (Wildman–Crippen MR) is 71.4 cm³/mol. The topological polar surface area (TPSA) is 41.6 Å². The standard InChI is InChI=1S/C14H26N2O2/c1-3-18-13(17)14(7-4-6-12(14)2)16-10-5-8-15-9-11-16/h12,15H,3-11H2,1-2H3. The van der Waals surface area contributed by atoms with Crippen LogP contribution in [0.25, 0.3) is 0 Å². The molecule has 1 N–H and O–H groups in total. The number of nitrogens with one attached hydrogen (secondary N) is 1. The molecule has 0 amide bonds. The van der Waals surface area contributed by atoms with E-state index >= 15 is 0 Å². The van der Waals surface area contributed by atoms with Crippen LogP contribution in [0.1, 0.15) is 39.5 Å². The maximum atomic E-state index is 12.5. The van der Waals surface area contributed by atoms with Gasteiger partial charge in [0.1, 0.15) is 5.54 Å². The Bertz CT molecular complexity index is 288. The highest BCUT2D eigenvalue weighted by molar-refractivity contribution is 5.81. The number of hydrogen-bond acceptors (Lipinski definition) is 4. The molecule has 2 fully saturated rings. The normalized spacial score (nSPS) is 34.2. The summed E-state index contributed by atoms with van der Waals surface area (Å²) in [6.07, 6.45) is 4.37. The van der Waals surface area contributed by atoms with Gasteiger partial charge in [0.25, 0.3) is 0 Å². The van der Waals surface area contributed by atoms with Crippen LogP contribution < -0.4 is 5.32 Å². The fraction of sp³-hybridized carbons (Fsp3) is 0.929. The van der Waals surface area contributed by atoms with E-state index in [2.05, 4.69) is 17.1 Å². The smallest absolute Gasteiger partial charge is 0.326 e. The van der Waals surface area contributed by atoms with Gasteiger partial charge in [-0.25, -0.2) is 0 Å². The van der Waals surface area contributed by atoms with Gasteiger partial charge in [0.05, 0.1) is 6.61 Å². The van der Waals surface area contributed by atoms with Crippen molar-refractivity contribution >= 4 is 5.97 Å². The minimum Gasteiger partial charge on any atom is -0.465 e. The highest BCUT2D eigenvalue weighted by atomic mass is 16.5. The Morgan fingerprint density at radius 1 is 1.39 bits per heavy atom. The van der Waals surface area contributed by atoms with Crippen molar-refractivity contribution in [2.24, 2.45) is 5.92 Å². The summed E-state index contributed by atoms with van der Waals surface area (Å²) in [5.41, 5.74) is -0.345. The van der Waals surface area contributed by atoms with E-state index in [1.165, 1.54) is 0 Å². The average Bonchev–Trinajstić information content (AvgIpc) is 2.59. The lowest BCUT2D eigenvalue weighted by molar-refractivity contribution is -0.160. The molecule has 0 bridgehead atoms. The third kappa shape index (κ3) is 2.41. The van der Waals surface area contributed by atoms with Crippen molar-refractivity contribution in [3.05, 3.63) is 0 Å². The highest BCUT2D eigenvalue weighted by Gasteiger charge is 2.52. The van der Waals surface area contributed by atoms with E-state index in [1.807, 2.05) is 6.92 Å². The minimum atomic E-state index is -0.345. The molecule has 1 saturated carbocycles. The second kappa shape index (κ2) is 6.02. The molecule has 1 aliphatic heterocycles. The first-order valence-corrected chi connectivity index (χ1v) is 7.35. The molecule has 104 valence electrons. The summed E-state index contributed by atoms with van der Waals surface area (Å²) in [6, 6.07) is 0. The maximum Gasteiger partial charge on any atom is 0.326 e. The average molecular weight is 254 g/mol. The Hall–Kier alpha value is -0.610. The van der Waals surface area contributed by atoms with Gasteiger partial charge in [-0.3, -0.25) is 9.69 Å². The Kier molecular flexibility index (Phi) is 4.62. The van der Waals surface area contributed by atoms with Gasteiger partial charge in [-0.15, -0.1) is 0 Å². The van der Waals surface area contributed by atoms with Gasteiger partial charge < -0.3 is 10.1 Å². The Morgan fingerprint density at radius 3 is 2.89 bits per heavy atom. The van der Waals surface area contributed by atoms with E-state index in [-0.39, 0.29) is 11.5 Å². The summed E-state index contributed by atoms with van der Waals surface area (Å²) in [7, 11) is 0. The van der Waals surface area contributed by atoms with Crippen LogP contribution >= 0.6 is 0 Å². The third-order valence-corrected chi connectivity index (χ3v) is 4.54. The molecular formula is C14H26N2O2. The van der Waals surface area contributed by atoms with Crippen LogP contribution in [0.2, 0.25) is 0 Å². The lowest BCUT2D eigenvalue weighted by atomic mass is 9.86. The molecular weight excluding hydrogens is 228 g/mol. The van der Waals surface area contributed by atoms with Crippen LogP contribution in [0.5, 0.6) is 0 Å². The Labute approximate surface area is 110 Å². The zero-order chi connectivity index (χ0) is 13.0. The largest absolute Gasteiger partial charge is 0.465 e. The fourth-order valence-electron chi connectivity index (χ4n) is 3.57. The van der Waals surface area contributed by atoms with Gasteiger partial charge in [0.15, 0.2) is 0 Å². The SMILES string of the molecule is CCOC(=O)C1(N2CCCNCC2)CCCC1C. The van der Waals surface area contributed by atoms with E-state index in [0.717, 1.165) is 51.9 Å². The summed E-state index contributed by atoms with van der Waals surface area (Å²) in [5.74, 6) is 0.423. The summed E-state index contributed by atoms with van der Waals surface area (Å²) in [4.78, 5) is 14.9. The molecule has 0 radical (unpaired) electrons. The van der Waals surface area contributed by atoms with E-state index in [1.54, 1.807) is 0 Å². The molecule has 0 aromatic heterocycles. The van der Waals surface area contributed by atoms with E-state index in [0.29, 0.717) is 12.5 Å². The van der Waals surface area contributed by atoms with E-state index in [4.69, 9.17) is 4.74 Å². The van der Waals surface area contributed by atoms with Gasteiger partial charge in [-0.1, -0.05) is 13.3 Å². The van der Waals surface area contributed by atoms with Gasteiger partial charge in [-0.2, -0.15) is 0 Å². The van der Waals surface area contributed by atoms with Crippen LogP contribution in [-0.4, -0.2) is 49.2 Å². The number of esters is 1. The maximum absolute atomic E-state index is 12.5. The van der Waals surface area contributed by atoms with Gasteiger partial charge in [0.2, 0.25) is 0 Å². The second-order valence-electron chi connectivity index (χ2n) is 5.53. The fourth-order valence-corrected chi connectivity index (χ4v) is 3.57. The number of nitrogens with zero attached hydrogens (tertiary/aromatic N) is 1. The third-order valence-electron chi connectivity index (χ3n) is 4.54. The first-order valence-electron chi connectivity index (χ1n) is 7.35. The lowest BCUT2D eigenvalue weighted by Gasteiger charge is -2.41. The van der Waals surface area contributed by atoms with Crippen molar-refractivity contribution in [2.75, 3.05) is 32.8 Å². The number of hydrogen-bond donors (Lipinski definition) is 1. The second-order valence-corrected chi connectivity index (χ2v) is 5.53. The van der Waals surface area contributed by atoms with Crippen molar-refractivity contribution in [2.45, 2.75) is 45.1 Å². The molecule has 0 spiro atoms. The molecule has 0 aromatic carbocycles. The zero-order valence-electron chi connectivity index (χ0n) is 11.7. The minimum absolute atomic E-state index is 0.0110. The first-order chi connectivity index (χ1) is 8.71. The van der Waals surface area contributed by atoms with Crippen molar-refractivity contribution in [1.29, 1.82) is 0 Å². The number of carbonyl (C=O) groups is 1. The first kappa shape index (κ1) is 13.8. The van der Waals surface area contributed by atoms with Gasteiger partial charge >= 0.3 is 5.97 Å². The molecule has 2 aliphatic rings. The van der Waals surface area contributed by atoms with Crippen LogP contribution in [0.4, 0.5) is 0 Å². The molecule has 1 heterocycles. The highest BCUT2D eigenvalue weighted by Crippen LogP contribution is 2.41. The molecule has 4 nitrogen and oxygen atoms in total.